The quantitative estimate of drug-likeness (QED) is 0.749. The van der Waals surface area contributed by atoms with Crippen LogP contribution in [-0.4, -0.2) is 10.5 Å². The molecule has 1 nitrogen and oxygen atoms in total. The summed E-state index contributed by atoms with van der Waals surface area (Å²) in [6.45, 7) is 4.51. The molecule has 1 aromatic carbocycles. The van der Waals surface area contributed by atoms with Crippen molar-refractivity contribution in [2.75, 3.05) is 6.26 Å². The van der Waals surface area contributed by atoms with Gasteiger partial charge in [-0.05, 0) is 36.5 Å². The fourth-order valence-corrected chi connectivity index (χ4v) is 2.08. The lowest BCUT2D eigenvalue weighted by atomic mass is 10.0. The van der Waals surface area contributed by atoms with Crippen molar-refractivity contribution < 1.29 is 4.21 Å². The minimum absolute atomic E-state index is 0.785. The number of benzene rings is 1. The van der Waals surface area contributed by atoms with Crippen LogP contribution in [-0.2, 0) is 17.2 Å². The average Bonchev–Trinajstić information content (AvgIpc) is 2.18. The molecule has 84 valence electrons. The maximum absolute atomic E-state index is 11.2. The summed E-state index contributed by atoms with van der Waals surface area (Å²) in [4.78, 5) is 0.919. The van der Waals surface area contributed by atoms with Gasteiger partial charge in [-0.15, -0.1) is 0 Å². The molecule has 0 N–H and O–H groups in total. The van der Waals surface area contributed by atoms with Gasteiger partial charge < -0.3 is 0 Å². The van der Waals surface area contributed by atoms with Crippen LogP contribution in [0.4, 0.5) is 0 Å². The number of aryl methyl sites for hydroxylation is 1. The molecule has 1 atom stereocenters. The van der Waals surface area contributed by atoms with Gasteiger partial charge in [0.25, 0.3) is 0 Å². The van der Waals surface area contributed by atoms with Crippen LogP contribution in [0.15, 0.2) is 29.2 Å². The molecular formula is C13H20OS. The second kappa shape index (κ2) is 6.06. The van der Waals surface area contributed by atoms with E-state index in [0.29, 0.717) is 0 Å². The van der Waals surface area contributed by atoms with Crippen molar-refractivity contribution in [3.8, 4) is 0 Å². The topological polar surface area (TPSA) is 17.1 Å². The van der Waals surface area contributed by atoms with Gasteiger partial charge in [0.05, 0.1) is 0 Å². The van der Waals surface area contributed by atoms with Gasteiger partial charge in [0.1, 0.15) is 0 Å². The van der Waals surface area contributed by atoms with Gasteiger partial charge >= 0.3 is 0 Å². The molecule has 0 radical (unpaired) electrons. The van der Waals surface area contributed by atoms with E-state index in [1.54, 1.807) is 6.26 Å². The molecule has 0 bridgehead atoms. The Balaban J connectivity index is 2.46. The van der Waals surface area contributed by atoms with E-state index in [2.05, 4.69) is 26.0 Å². The van der Waals surface area contributed by atoms with Crippen molar-refractivity contribution in [1.29, 1.82) is 0 Å². The third-order valence-corrected chi connectivity index (χ3v) is 3.44. The molecule has 0 heterocycles. The van der Waals surface area contributed by atoms with Crippen LogP contribution >= 0.6 is 0 Å². The van der Waals surface area contributed by atoms with Crippen molar-refractivity contribution in [2.45, 2.75) is 38.0 Å². The monoisotopic (exact) mass is 224 g/mol. The van der Waals surface area contributed by atoms with Crippen LogP contribution in [0.3, 0.4) is 0 Å². The Hall–Kier alpha value is -0.630. The van der Waals surface area contributed by atoms with Crippen LogP contribution < -0.4 is 0 Å². The van der Waals surface area contributed by atoms with Crippen molar-refractivity contribution in [2.24, 2.45) is 5.92 Å². The van der Waals surface area contributed by atoms with Gasteiger partial charge in [-0.25, -0.2) is 0 Å². The van der Waals surface area contributed by atoms with E-state index in [9.17, 15) is 4.21 Å². The molecule has 2 heteroatoms. The Kier molecular flexibility index (Phi) is 5.03. The Labute approximate surface area is 95.4 Å². The molecular weight excluding hydrogens is 204 g/mol. The highest BCUT2D eigenvalue weighted by Gasteiger charge is 1.99. The summed E-state index contributed by atoms with van der Waals surface area (Å²) in [5.41, 5.74) is 1.35. The van der Waals surface area contributed by atoms with E-state index in [1.807, 2.05) is 12.1 Å². The lowest BCUT2D eigenvalue weighted by molar-refractivity contribution is 0.556. The normalized spacial score (nSPS) is 13.1. The van der Waals surface area contributed by atoms with E-state index in [4.69, 9.17) is 0 Å². The molecule has 0 spiro atoms. The second-order valence-corrected chi connectivity index (χ2v) is 5.76. The number of rotatable bonds is 5. The largest absolute Gasteiger partial charge is 0.255 e. The molecule has 0 amide bonds. The minimum Gasteiger partial charge on any atom is -0.255 e. The maximum atomic E-state index is 11.2. The molecule has 0 aliphatic rings. The lowest BCUT2D eigenvalue weighted by Gasteiger charge is -2.05. The van der Waals surface area contributed by atoms with E-state index >= 15 is 0 Å². The third kappa shape index (κ3) is 4.61. The zero-order valence-electron chi connectivity index (χ0n) is 9.82. The van der Waals surface area contributed by atoms with E-state index < -0.39 is 10.8 Å². The number of hydrogen-bond acceptors (Lipinski definition) is 1. The molecule has 0 aliphatic heterocycles. The first kappa shape index (κ1) is 12.4. The standard InChI is InChI=1S/C13H20OS/c1-11(2)5-4-6-12-7-9-13(10-8-12)15(3)14/h7-11H,4-6H2,1-3H3. The van der Waals surface area contributed by atoms with Crippen molar-refractivity contribution in [3.63, 3.8) is 0 Å². The molecule has 0 saturated heterocycles. The summed E-state index contributed by atoms with van der Waals surface area (Å²) < 4.78 is 11.2. The van der Waals surface area contributed by atoms with E-state index in [-0.39, 0.29) is 0 Å². The Morgan fingerprint density at radius 3 is 2.27 bits per heavy atom. The first-order valence-electron chi connectivity index (χ1n) is 5.52. The molecule has 0 aliphatic carbocycles. The Morgan fingerprint density at radius 1 is 1.20 bits per heavy atom. The van der Waals surface area contributed by atoms with Crippen molar-refractivity contribution >= 4 is 10.8 Å². The highest BCUT2D eigenvalue weighted by molar-refractivity contribution is 7.84. The molecule has 1 aromatic rings. The average molecular weight is 224 g/mol. The van der Waals surface area contributed by atoms with Crippen LogP contribution in [0.1, 0.15) is 32.3 Å². The lowest BCUT2D eigenvalue weighted by Crippen LogP contribution is -1.92. The van der Waals surface area contributed by atoms with Gasteiger partial charge in [-0.2, -0.15) is 0 Å². The van der Waals surface area contributed by atoms with Crippen LogP contribution in [0.25, 0.3) is 0 Å². The van der Waals surface area contributed by atoms with Gasteiger partial charge in [0.2, 0.25) is 0 Å². The summed E-state index contributed by atoms with van der Waals surface area (Å²) >= 11 is 0. The summed E-state index contributed by atoms with van der Waals surface area (Å²) in [6, 6.07) is 8.13. The van der Waals surface area contributed by atoms with Gasteiger partial charge in [-0.3, -0.25) is 4.21 Å². The van der Waals surface area contributed by atoms with E-state index in [1.165, 1.54) is 18.4 Å². The maximum Gasteiger partial charge on any atom is 0.0498 e. The fourth-order valence-electron chi connectivity index (χ4n) is 1.56. The summed E-state index contributed by atoms with van der Waals surface area (Å²) in [7, 11) is -0.850. The first-order chi connectivity index (χ1) is 7.09. The van der Waals surface area contributed by atoms with Crippen LogP contribution in [0, 0.1) is 5.92 Å². The molecule has 1 rings (SSSR count). The van der Waals surface area contributed by atoms with Crippen molar-refractivity contribution in [3.05, 3.63) is 29.8 Å². The summed E-state index contributed by atoms with van der Waals surface area (Å²) in [5.74, 6) is 0.785. The summed E-state index contributed by atoms with van der Waals surface area (Å²) in [6.07, 6.45) is 5.37. The van der Waals surface area contributed by atoms with Crippen molar-refractivity contribution in [1.82, 2.24) is 0 Å². The summed E-state index contributed by atoms with van der Waals surface area (Å²) in [5, 5.41) is 0. The molecule has 0 saturated carbocycles. The SMILES string of the molecule is CC(C)CCCc1ccc(S(C)=O)cc1. The van der Waals surface area contributed by atoms with Gasteiger partial charge in [0.15, 0.2) is 0 Å². The predicted octanol–water partition coefficient (Wildman–Crippen LogP) is 3.40. The number of hydrogen-bond donors (Lipinski definition) is 0. The zero-order chi connectivity index (χ0) is 11.3. The highest BCUT2D eigenvalue weighted by Crippen LogP contribution is 2.12. The molecule has 0 aromatic heterocycles. The third-order valence-electron chi connectivity index (χ3n) is 2.50. The zero-order valence-corrected chi connectivity index (χ0v) is 10.6. The highest BCUT2D eigenvalue weighted by atomic mass is 32.2. The van der Waals surface area contributed by atoms with Crippen LogP contribution in [0.2, 0.25) is 0 Å². The van der Waals surface area contributed by atoms with E-state index in [0.717, 1.165) is 17.2 Å². The van der Waals surface area contributed by atoms with Crippen LogP contribution in [0.5, 0.6) is 0 Å². The first-order valence-corrected chi connectivity index (χ1v) is 7.07. The molecule has 15 heavy (non-hydrogen) atoms. The smallest absolute Gasteiger partial charge is 0.0498 e. The van der Waals surface area contributed by atoms with Gasteiger partial charge in [-0.1, -0.05) is 32.4 Å². The Morgan fingerprint density at radius 2 is 1.80 bits per heavy atom. The fraction of sp³-hybridized carbons (Fsp3) is 0.538. The predicted molar refractivity (Wildman–Crippen MR) is 66.6 cm³/mol. The second-order valence-electron chi connectivity index (χ2n) is 4.38. The molecule has 0 fully saturated rings. The van der Waals surface area contributed by atoms with Gasteiger partial charge in [0, 0.05) is 22.0 Å². The minimum atomic E-state index is -0.850. The Bertz CT molecular complexity index is 314. The molecule has 1 unspecified atom stereocenters.